The largest absolute Gasteiger partial charge is 0.392 e. The van der Waals surface area contributed by atoms with Crippen molar-refractivity contribution in [3.05, 3.63) is 0 Å². The summed E-state index contributed by atoms with van der Waals surface area (Å²) in [6.07, 6.45) is 3.82. The number of carbonyl (C=O) groups is 1. The molecule has 3 atom stereocenters. The molecule has 1 amide bonds. The molecule has 0 bridgehead atoms. The standard InChI is InChI=1S/C16H31N3O2/c1-13(19-10-8-18(3)9-11-19)15(21)17-12-16(2)7-5-4-6-14(16)20/h13-14,20H,4-12H2,1-3H3,(H,17,21). The highest BCUT2D eigenvalue weighted by Crippen LogP contribution is 2.35. The molecule has 1 saturated carbocycles. The van der Waals surface area contributed by atoms with Crippen LogP contribution in [-0.4, -0.2) is 72.7 Å². The number of hydrogen-bond donors (Lipinski definition) is 2. The molecule has 0 aromatic heterocycles. The minimum atomic E-state index is -0.287. The molecule has 5 nitrogen and oxygen atoms in total. The van der Waals surface area contributed by atoms with Gasteiger partial charge in [-0.2, -0.15) is 0 Å². The fraction of sp³-hybridized carbons (Fsp3) is 0.938. The second-order valence-electron chi connectivity index (χ2n) is 7.15. The molecule has 0 radical (unpaired) electrons. The predicted octanol–water partition coefficient (Wildman–Crippen LogP) is 0.680. The van der Waals surface area contributed by atoms with Crippen LogP contribution in [0.2, 0.25) is 0 Å². The zero-order valence-corrected chi connectivity index (χ0v) is 13.8. The van der Waals surface area contributed by atoms with Gasteiger partial charge in [0, 0.05) is 38.1 Å². The van der Waals surface area contributed by atoms with Crippen molar-refractivity contribution in [2.75, 3.05) is 39.8 Å². The highest BCUT2D eigenvalue weighted by Gasteiger charge is 2.36. The van der Waals surface area contributed by atoms with Gasteiger partial charge in [-0.3, -0.25) is 9.69 Å². The molecule has 2 N–H and O–H groups in total. The average molecular weight is 297 g/mol. The van der Waals surface area contributed by atoms with Crippen molar-refractivity contribution in [1.29, 1.82) is 0 Å². The van der Waals surface area contributed by atoms with Gasteiger partial charge in [0.25, 0.3) is 0 Å². The zero-order chi connectivity index (χ0) is 15.5. The Hall–Kier alpha value is -0.650. The molecule has 2 fully saturated rings. The number of nitrogens with zero attached hydrogens (tertiary/aromatic N) is 2. The van der Waals surface area contributed by atoms with Gasteiger partial charge in [0.2, 0.25) is 5.91 Å². The number of amides is 1. The third-order valence-electron chi connectivity index (χ3n) is 5.41. The molecule has 1 aliphatic heterocycles. The van der Waals surface area contributed by atoms with E-state index in [1.54, 1.807) is 0 Å². The van der Waals surface area contributed by atoms with Crippen LogP contribution < -0.4 is 5.32 Å². The van der Waals surface area contributed by atoms with E-state index in [1.807, 2.05) is 6.92 Å². The summed E-state index contributed by atoms with van der Waals surface area (Å²) >= 11 is 0. The third-order valence-corrected chi connectivity index (χ3v) is 5.41. The number of aliphatic hydroxyl groups is 1. The molecule has 1 aliphatic carbocycles. The Kier molecular flexibility index (Phi) is 5.63. The van der Waals surface area contributed by atoms with Gasteiger partial charge in [0.05, 0.1) is 12.1 Å². The lowest BCUT2D eigenvalue weighted by atomic mass is 9.73. The van der Waals surface area contributed by atoms with Gasteiger partial charge in [0.1, 0.15) is 0 Å². The van der Waals surface area contributed by atoms with Crippen molar-refractivity contribution in [1.82, 2.24) is 15.1 Å². The number of nitrogens with one attached hydrogen (secondary N) is 1. The topological polar surface area (TPSA) is 55.8 Å². The van der Waals surface area contributed by atoms with Gasteiger partial charge in [-0.05, 0) is 26.8 Å². The van der Waals surface area contributed by atoms with Gasteiger partial charge in [0.15, 0.2) is 0 Å². The molecule has 1 saturated heterocycles. The molecule has 3 unspecified atom stereocenters. The molecule has 1 heterocycles. The minimum Gasteiger partial charge on any atom is -0.392 e. The van der Waals surface area contributed by atoms with Crippen LogP contribution in [0.25, 0.3) is 0 Å². The lowest BCUT2D eigenvalue weighted by molar-refractivity contribution is -0.127. The Labute approximate surface area is 128 Å². The number of piperazine rings is 1. The smallest absolute Gasteiger partial charge is 0.237 e. The first kappa shape index (κ1) is 16.7. The Bertz CT molecular complexity index is 355. The third kappa shape index (κ3) is 4.18. The van der Waals surface area contributed by atoms with E-state index in [0.717, 1.165) is 51.9 Å². The Morgan fingerprint density at radius 3 is 2.62 bits per heavy atom. The minimum absolute atomic E-state index is 0.0805. The van der Waals surface area contributed by atoms with Gasteiger partial charge in [-0.1, -0.05) is 19.8 Å². The van der Waals surface area contributed by atoms with Crippen molar-refractivity contribution in [2.24, 2.45) is 5.41 Å². The summed E-state index contributed by atoms with van der Waals surface area (Å²) in [5.41, 5.74) is -0.157. The molecule has 0 spiro atoms. The number of aliphatic hydroxyl groups excluding tert-OH is 1. The van der Waals surface area contributed by atoms with Crippen molar-refractivity contribution < 1.29 is 9.90 Å². The van der Waals surface area contributed by atoms with E-state index in [0.29, 0.717) is 6.54 Å². The first-order valence-electron chi connectivity index (χ1n) is 8.31. The van der Waals surface area contributed by atoms with Gasteiger partial charge in [-0.15, -0.1) is 0 Å². The fourth-order valence-electron chi connectivity index (χ4n) is 3.40. The van der Waals surface area contributed by atoms with Gasteiger partial charge < -0.3 is 15.3 Å². The van der Waals surface area contributed by atoms with E-state index in [2.05, 4.69) is 29.1 Å². The van der Waals surface area contributed by atoms with E-state index in [9.17, 15) is 9.90 Å². The van der Waals surface area contributed by atoms with Crippen LogP contribution in [0.15, 0.2) is 0 Å². The predicted molar refractivity (Wildman–Crippen MR) is 84.1 cm³/mol. The van der Waals surface area contributed by atoms with E-state index < -0.39 is 0 Å². The molecule has 0 aromatic rings. The molecule has 122 valence electrons. The Morgan fingerprint density at radius 2 is 2.00 bits per heavy atom. The Morgan fingerprint density at radius 1 is 1.33 bits per heavy atom. The summed E-state index contributed by atoms with van der Waals surface area (Å²) in [6.45, 7) is 8.61. The Balaban J connectivity index is 1.80. The van der Waals surface area contributed by atoms with Gasteiger partial charge >= 0.3 is 0 Å². The maximum Gasteiger partial charge on any atom is 0.237 e. The van der Waals surface area contributed by atoms with E-state index in [-0.39, 0.29) is 23.5 Å². The van der Waals surface area contributed by atoms with Crippen LogP contribution >= 0.6 is 0 Å². The second kappa shape index (κ2) is 7.07. The molecule has 2 rings (SSSR count). The number of likely N-dealkylation sites (N-methyl/N-ethyl adjacent to an activating group) is 1. The maximum absolute atomic E-state index is 12.4. The van der Waals surface area contributed by atoms with E-state index >= 15 is 0 Å². The van der Waals surface area contributed by atoms with Crippen LogP contribution in [0, 0.1) is 5.41 Å². The highest BCUT2D eigenvalue weighted by atomic mass is 16.3. The molecular formula is C16H31N3O2. The molecular weight excluding hydrogens is 266 g/mol. The SMILES string of the molecule is CC(C(=O)NCC1(C)CCCCC1O)N1CCN(C)CC1. The molecule has 2 aliphatic rings. The lowest BCUT2D eigenvalue weighted by Crippen LogP contribution is -2.54. The van der Waals surface area contributed by atoms with Crippen LogP contribution in [0.3, 0.4) is 0 Å². The van der Waals surface area contributed by atoms with Crippen molar-refractivity contribution in [2.45, 2.75) is 51.7 Å². The van der Waals surface area contributed by atoms with Crippen molar-refractivity contribution in [3.63, 3.8) is 0 Å². The number of carbonyl (C=O) groups excluding carboxylic acids is 1. The maximum atomic E-state index is 12.4. The van der Waals surface area contributed by atoms with Crippen LogP contribution in [0.1, 0.15) is 39.5 Å². The van der Waals surface area contributed by atoms with Gasteiger partial charge in [-0.25, -0.2) is 0 Å². The molecule has 21 heavy (non-hydrogen) atoms. The summed E-state index contributed by atoms with van der Waals surface area (Å²) in [5, 5.41) is 13.3. The van der Waals surface area contributed by atoms with Crippen molar-refractivity contribution >= 4 is 5.91 Å². The molecule has 0 aromatic carbocycles. The van der Waals surface area contributed by atoms with Crippen LogP contribution in [0.4, 0.5) is 0 Å². The van der Waals surface area contributed by atoms with Crippen molar-refractivity contribution in [3.8, 4) is 0 Å². The number of rotatable bonds is 4. The van der Waals surface area contributed by atoms with E-state index in [4.69, 9.17) is 0 Å². The summed E-state index contributed by atoms with van der Waals surface area (Å²) in [6, 6.07) is -0.0805. The quantitative estimate of drug-likeness (QED) is 0.801. The summed E-state index contributed by atoms with van der Waals surface area (Å²) in [5.74, 6) is 0.0959. The zero-order valence-electron chi connectivity index (χ0n) is 13.8. The normalized spacial score (nSPS) is 33.6. The first-order valence-corrected chi connectivity index (χ1v) is 8.31. The highest BCUT2D eigenvalue weighted by molar-refractivity contribution is 5.81. The van der Waals surface area contributed by atoms with Crippen LogP contribution in [0.5, 0.6) is 0 Å². The first-order chi connectivity index (χ1) is 9.92. The van der Waals surface area contributed by atoms with Crippen LogP contribution in [-0.2, 0) is 4.79 Å². The second-order valence-corrected chi connectivity index (χ2v) is 7.15. The lowest BCUT2D eigenvalue weighted by Gasteiger charge is -2.39. The summed E-state index contributed by atoms with van der Waals surface area (Å²) < 4.78 is 0. The average Bonchev–Trinajstić information content (AvgIpc) is 2.48. The fourth-order valence-corrected chi connectivity index (χ4v) is 3.40. The van der Waals surface area contributed by atoms with E-state index in [1.165, 1.54) is 0 Å². The monoisotopic (exact) mass is 297 g/mol. The number of hydrogen-bond acceptors (Lipinski definition) is 4. The summed E-state index contributed by atoms with van der Waals surface area (Å²) in [4.78, 5) is 16.9. The molecule has 5 heteroatoms. The summed E-state index contributed by atoms with van der Waals surface area (Å²) in [7, 11) is 2.12.